The van der Waals surface area contributed by atoms with Crippen molar-refractivity contribution in [2.75, 3.05) is 38.2 Å². The zero-order valence-corrected chi connectivity index (χ0v) is 13.2. The molecular formula is C17H25N3O2. The van der Waals surface area contributed by atoms with Crippen LogP contribution in [0.3, 0.4) is 0 Å². The second kappa shape index (κ2) is 6.67. The zero-order valence-electron chi connectivity index (χ0n) is 13.2. The highest BCUT2D eigenvalue weighted by molar-refractivity contribution is 5.94. The van der Waals surface area contributed by atoms with Gasteiger partial charge in [0.05, 0.1) is 6.61 Å². The second-order valence-corrected chi connectivity index (χ2v) is 6.42. The molecule has 0 radical (unpaired) electrons. The number of hydrogen-bond acceptors (Lipinski definition) is 4. The topological polar surface area (TPSA) is 55.8 Å². The van der Waals surface area contributed by atoms with Gasteiger partial charge in [0.25, 0.3) is 5.91 Å². The standard InChI is InChI=1S/C17H25N3O2/c1-19-11-14(10-16(19)12-21)18-17(22)13-4-6-15(7-5-13)20-8-2-3-9-20/h4-7,14,16,21H,2-3,8-12H2,1H3,(H,18,22). The molecule has 2 heterocycles. The number of aliphatic hydroxyl groups excluding tert-OH is 1. The Morgan fingerprint density at radius 1 is 1.27 bits per heavy atom. The van der Waals surface area contributed by atoms with Crippen LogP contribution in [0.15, 0.2) is 24.3 Å². The molecule has 5 heteroatoms. The van der Waals surface area contributed by atoms with E-state index in [1.807, 2.05) is 31.3 Å². The van der Waals surface area contributed by atoms with E-state index in [4.69, 9.17) is 0 Å². The Morgan fingerprint density at radius 2 is 1.95 bits per heavy atom. The molecule has 0 bridgehead atoms. The van der Waals surface area contributed by atoms with Gasteiger partial charge in [0, 0.05) is 43.0 Å². The van der Waals surface area contributed by atoms with Gasteiger partial charge in [-0.2, -0.15) is 0 Å². The molecule has 0 saturated carbocycles. The van der Waals surface area contributed by atoms with Gasteiger partial charge in [-0.1, -0.05) is 0 Å². The fraction of sp³-hybridized carbons (Fsp3) is 0.588. The number of nitrogens with one attached hydrogen (secondary N) is 1. The summed E-state index contributed by atoms with van der Waals surface area (Å²) in [6.07, 6.45) is 3.32. The Balaban J connectivity index is 1.58. The molecule has 5 nitrogen and oxygen atoms in total. The monoisotopic (exact) mass is 303 g/mol. The van der Waals surface area contributed by atoms with Crippen molar-refractivity contribution >= 4 is 11.6 Å². The third-order valence-corrected chi connectivity index (χ3v) is 4.83. The van der Waals surface area contributed by atoms with Gasteiger partial charge in [-0.25, -0.2) is 0 Å². The van der Waals surface area contributed by atoms with Gasteiger partial charge in [0.2, 0.25) is 0 Å². The van der Waals surface area contributed by atoms with E-state index in [0.717, 1.165) is 26.1 Å². The number of carbonyl (C=O) groups is 1. The number of hydrogen-bond donors (Lipinski definition) is 2. The predicted octanol–water partition coefficient (Wildman–Crippen LogP) is 1.08. The van der Waals surface area contributed by atoms with Crippen LogP contribution in [0.1, 0.15) is 29.6 Å². The maximum Gasteiger partial charge on any atom is 0.251 e. The molecular weight excluding hydrogens is 278 g/mol. The van der Waals surface area contributed by atoms with Crippen molar-refractivity contribution in [2.24, 2.45) is 0 Å². The molecule has 0 spiro atoms. The molecule has 2 saturated heterocycles. The summed E-state index contributed by atoms with van der Waals surface area (Å²) in [4.78, 5) is 16.8. The molecule has 120 valence electrons. The normalized spacial score (nSPS) is 25.6. The van der Waals surface area contributed by atoms with Gasteiger partial charge < -0.3 is 15.3 Å². The fourth-order valence-corrected chi connectivity index (χ4v) is 3.47. The Morgan fingerprint density at radius 3 is 2.55 bits per heavy atom. The van der Waals surface area contributed by atoms with E-state index in [1.54, 1.807) is 0 Å². The highest BCUT2D eigenvalue weighted by atomic mass is 16.3. The molecule has 2 aliphatic heterocycles. The van der Waals surface area contributed by atoms with Crippen molar-refractivity contribution < 1.29 is 9.90 Å². The van der Waals surface area contributed by atoms with Gasteiger partial charge in [-0.3, -0.25) is 9.69 Å². The number of benzene rings is 1. The maximum absolute atomic E-state index is 12.3. The molecule has 3 rings (SSSR count). The average Bonchev–Trinajstić information content (AvgIpc) is 3.17. The van der Waals surface area contributed by atoms with Gasteiger partial charge in [-0.15, -0.1) is 0 Å². The SMILES string of the molecule is CN1CC(NC(=O)c2ccc(N3CCCC3)cc2)CC1CO. The number of nitrogens with zero attached hydrogens (tertiary/aromatic N) is 2. The Kier molecular flexibility index (Phi) is 4.64. The largest absolute Gasteiger partial charge is 0.395 e. The maximum atomic E-state index is 12.3. The summed E-state index contributed by atoms with van der Waals surface area (Å²) in [6.45, 7) is 3.17. The highest BCUT2D eigenvalue weighted by Gasteiger charge is 2.29. The number of anilines is 1. The van der Waals surface area contributed by atoms with Crippen LogP contribution in [0.4, 0.5) is 5.69 Å². The Labute approximate surface area is 131 Å². The number of carbonyl (C=O) groups excluding carboxylic acids is 1. The lowest BCUT2D eigenvalue weighted by atomic mass is 10.1. The number of rotatable bonds is 4. The predicted molar refractivity (Wildman–Crippen MR) is 87.3 cm³/mol. The van der Waals surface area contributed by atoms with E-state index in [-0.39, 0.29) is 24.6 Å². The number of likely N-dealkylation sites (N-methyl/N-ethyl adjacent to an activating group) is 1. The molecule has 2 N–H and O–H groups in total. The van der Waals surface area contributed by atoms with Crippen LogP contribution in [0, 0.1) is 0 Å². The van der Waals surface area contributed by atoms with Gasteiger partial charge in [-0.05, 0) is 50.6 Å². The van der Waals surface area contributed by atoms with Gasteiger partial charge in [0.1, 0.15) is 0 Å². The highest BCUT2D eigenvalue weighted by Crippen LogP contribution is 2.21. The Hall–Kier alpha value is -1.59. The van der Waals surface area contributed by atoms with Gasteiger partial charge >= 0.3 is 0 Å². The first-order valence-corrected chi connectivity index (χ1v) is 8.14. The zero-order chi connectivity index (χ0) is 15.5. The van der Waals surface area contributed by atoms with E-state index in [2.05, 4.69) is 15.1 Å². The van der Waals surface area contributed by atoms with Crippen molar-refractivity contribution in [3.63, 3.8) is 0 Å². The summed E-state index contributed by atoms with van der Waals surface area (Å²) in [5.41, 5.74) is 1.91. The molecule has 2 aliphatic rings. The third kappa shape index (κ3) is 3.25. The molecule has 0 aromatic heterocycles. The smallest absolute Gasteiger partial charge is 0.251 e. The van der Waals surface area contributed by atoms with Crippen molar-refractivity contribution in [3.8, 4) is 0 Å². The minimum absolute atomic E-state index is 0.0232. The van der Waals surface area contributed by atoms with Crippen LogP contribution >= 0.6 is 0 Å². The molecule has 2 atom stereocenters. The Bertz CT molecular complexity index is 511. The first-order valence-electron chi connectivity index (χ1n) is 8.14. The number of amides is 1. The van der Waals surface area contributed by atoms with Crippen LogP contribution in [0.5, 0.6) is 0 Å². The van der Waals surface area contributed by atoms with E-state index in [9.17, 15) is 9.90 Å². The van der Waals surface area contributed by atoms with Crippen LogP contribution < -0.4 is 10.2 Å². The summed E-state index contributed by atoms with van der Waals surface area (Å²) < 4.78 is 0. The molecule has 1 amide bonds. The summed E-state index contributed by atoms with van der Waals surface area (Å²) in [7, 11) is 1.98. The van der Waals surface area contributed by atoms with Crippen molar-refractivity contribution in [1.82, 2.24) is 10.2 Å². The second-order valence-electron chi connectivity index (χ2n) is 6.42. The molecule has 2 unspecified atom stereocenters. The minimum atomic E-state index is -0.0232. The van der Waals surface area contributed by atoms with Crippen LogP contribution in [0.25, 0.3) is 0 Å². The molecule has 1 aromatic carbocycles. The molecule has 22 heavy (non-hydrogen) atoms. The van der Waals surface area contributed by atoms with Crippen LogP contribution in [-0.2, 0) is 0 Å². The van der Waals surface area contributed by atoms with E-state index < -0.39 is 0 Å². The van der Waals surface area contributed by atoms with Crippen molar-refractivity contribution in [1.29, 1.82) is 0 Å². The van der Waals surface area contributed by atoms with Crippen molar-refractivity contribution in [2.45, 2.75) is 31.3 Å². The summed E-state index contributed by atoms with van der Waals surface area (Å²) in [5.74, 6) is -0.0232. The van der Waals surface area contributed by atoms with E-state index >= 15 is 0 Å². The first-order chi connectivity index (χ1) is 10.7. The fourth-order valence-electron chi connectivity index (χ4n) is 3.47. The first kappa shape index (κ1) is 15.3. The lowest BCUT2D eigenvalue weighted by molar-refractivity contribution is 0.0938. The van der Waals surface area contributed by atoms with E-state index in [1.165, 1.54) is 18.5 Å². The molecule has 1 aromatic rings. The number of aliphatic hydroxyl groups is 1. The van der Waals surface area contributed by atoms with Crippen molar-refractivity contribution in [3.05, 3.63) is 29.8 Å². The molecule has 2 fully saturated rings. The lowest BCUT2D eigenvalue weighted by Crippen LogP contribution is -2.36. The average molecular weight is 303 g/mol. The molecule has 0 aliphatic carbocycles. The lowest BCUT2D eigenvalue weighted by Gasteiger charge is -2.18. The summed E-state index contributed by atoms with van der Waals surface area (Å²) >= 11 is 0. The number of likely N-dealkylation sites (tertiary alicyclic amines) is 1. The van der Waals surface area contributed by atoms with Crippen LogP contribution in [0.2, 0.25) is 0 Å². The van der Waals surface area contributed by atoms with E-state index in [0.29, 0.717) is 5.56 Å². The van der Waals surface area contributed by atoms with Gasteiger partial charge in [0.15, 0.2) is 0 Å². The summed E-state index contributed by atoms with van der Waals surface area (Å²) in [6, 6.07) is 8.17. The minimum Gasteiger partial charge on any atom is -0.395 e. The van der Waals surface area contributed by atoms with Crippen LogP contribution in [-0.4, -0.2) is 61.3 Å². The third-order valence-electron chi connectivity index (χ3n) is 4.83. The summed E-state index contributed by atoms with van der Waals surface area (Å²) in [5, 5.41) is 12.4. The quantitative estimate of drug-likeness (QED) is 0.874.